The molecule has 3 heteroatoms. The molecule has 0 radical (unpaired) electrons. The third-order valence-corrected chi connectivity index (χ3v) is 0.596. The summed E-state index contributed by atoms with van der Waals surface area (Å²) in [6, 6.07) is 1.000. The number of aliphatic hydroxyl groups is 1. The molecular weight excluding hydrogens is 121 g/mol. The summed E-state index contributed by atoms with van der Waals surface area (Å²) in [6.07, 6.45) is 0. The molecule has 0 unspecified atom stereocenters. The summed E-state index contributed by atoms with van der Waals surface area (Å²) >= 11 is 0. The van der Waals surface area contributed by atoms with E-state index in [0.29, 0.717) is 12.1 Å². The Bertz CT molecular complexity index is 113. The van der Waals surface area contributed by atoms with Crippen molar-refractivity contribution in [3.8, 4) is 0 Å². The molecule has 1 N–H and O–H groups in total. The number of hydrogen-bond acceptors (Lipinski definition) is 1. The van der Waals surface area contributed by atoms with Crippen molar-refractivity contribution in [1.82, 2.24) is 0 Å². The minimum Gasteiger partial charge on any atom is -0.658 e. The van der Waals surface area contributed by atoms with Gasteiger partial charge in [-0.1, -0.05) is 27.7 Å². The smallest absolute Gasteiger partial charge is 0.658 e. The van der Waals surface area contributed by atoms with Crippen molar-refractivity contribution in [1.29, 1.82) is 1.43 Å². The fraction of sp³-hybridized carbons (Fsp3) is 1.00. The van der Waals surface area contributed by atoms with Crippen LogP contribution in [0.3, 0.4) is 0 Å². The van der Waals surface area contributed by atoms with E-state index in [4.69, 9.17) is 5.54 Å². The monoisotopic (exact) mass is 143 g/mol. The molecule has 0 aliphatic carbocycles. The summed E-state index contributed by atoms with van der Waals surface area (Å²) < 4.78 is 24.1. The molecule has 0 amide bonds. The van der Waals surface area contributed by atoms with Gasteiger partial charge in [0.25, 0.3) is 0 Å². The van der Waals surface area contributed by atoms with Crippen LogP contribution >= 0.6 is 0 Å². The van der Waals surface area contributed by atoms with Crippen LogP contribution in [-0.4, -0.2) is 25.7 Å². The van der Waals surface area contributed by atoms with Crippen LogP contribution < -0.4 is 18.9 Å². The van der Waals surface area contributed by atoms with Crippen molar-refractivity contribution in [3.63, 3.8) is 0 Å². The largest absolute Gasteiger partial charge is 1.00 e. The molecule has 0 spiro atoms. The first-order valence-electron chi connectivity index (χ1n) is 4.94. The van der Waals surface area contributed by atoms with Crippen LogP contribution in [0.25, 0.3) is 5.32 Å². The molecule has 0 aromatic carbocycles. The molecule has 2 nitrogen and oxygen atoms in total. The Balaban J connectivity index is -0.000000163. The summed E-state index contributed by atoms with van der Waals surface area (Å²) in [5, 5.41) is 7.47. The van der Waals surface area contributed by atoms with E-state index < -0.39 is 7.04 Å². The molecular formula is C7H18LiNO. The summed E-state index contributed by atoms with van der Waals surface area (Å²) in [5.41, 5.74) is 0. The van der Waals surface area contributed by atoms with Gasteiger partial charge in [-0.2, -0.15) is 0 Å². The minimum atomic E-state index is -2.54. The van der Waals surface area contributed by atoms with Crippen LogP contribution in [0, 0.1) is 0 Å². The van der Waals surface area contributed by atoms with E-state index in [9.17, 15) is 0 Å². The van der Waals surface area contributed by atoms with Crippen molar-refractivity contribution in [3.05, 3.63) is 5.32 Å². The second-order valence-electron chi connectivity index (χ2n) is 2.34. The second kappa shape index (κ2) is 12.2. The molecule has 0 aliphatic rings. The van der Waals surface area contributed by atoms with Gasteiger partial charge in [-0.3, -0.25) is 0 Å². The van der Waals surface area contributed by atoms with Crippen LogP contribution in [0.1, 0.15) is 31.8 Å². The number of hydrogen-bond donors (Lipinski definition) is 1. The molecule has 10 heavy (non-hydrogen) atoms. The topological polar surface area (TPSA) is 34.3 Å². The molecule has 0 aliphatic heterocycles. The molecule has 0 heterocycles. The van der Waals surface area contributed by atoms with Gasteiger partial charge >= 0.3 is 18.9 Å². The standard InChI is InChI=1S/C6H14N.CH4O.Li/c1-5(2)7-6(3)4;1-2;/h5-6H,1-4H3;2H,1H3;/q-1;;+1/i;1D3,2D;. The molecule has 0 atom stereocenters. The molecule has 0 bridgehead atoms. The summed E-state index contributed by atoms with van der Waals surface area (Å²) in [5.74, 6) is 0. The maximum absolute atomic E-state index is 6.10. The zero-order chi connectivity index (χ0) is 11.1. The van der Waals surface area contributed by atoms with E-state index in [0.717, 1.165) is 0 Å². The molecule has 0 saturated heterocycles. The van der Waals surface area contributed by atoms with Gasteiger partial charge in [0, 0.05) is 7.04 Å². The van der Waals surface area contributed by atoms with Crippen molar-refractivity contribution in [2.24, 2.45) is 0 Å². The molecule has 0 aromatic rings. The summed E-state index contributed by atoms with van der Waals surface area (Å²) in [7, 11) is -2.54. The third-order valence-electron chi connectivity index (χ3n) is 0.596. The summed E-state index contributed by atoms with van der Waals surface area (Å²) in [6.45, 7) is 8.39. The molecule has 0 aromatic heterocycles. The zero-order valence-electron chi connectivity index (χ0n) is 11.5. The third kappa shape index (κ3) is 23.6. The molecule has 0 fully saturated rings. The van der Waals surface area contributed by atoms with Gasteiger partial charge in [-0.15, -0.1) is 12.1 Å². The van der Waals surface area contributed by atoms with E-state index >= 15 is 0 Å². The van der Waals surface area contributed by atoms with Crippen LogP contribution in [0.5, 0.6) is 0 Å². The van der Waals surface area contributed by atoms with E-state index in [1.165, 1.54) is 0 Å². The number of rotatable bonds is 2. The van der Waals surface area contributed by atoms with Gasteiger partial charge in [-0.25, -0.2) is 0 Å². The fourth-order valence-electron chi connectivity index (χ4n) is 0.596. The van der Waals surface area contributed by atoms with Crippen molar-refractivity contribution in [2.75, 3.05) is 7.04 Å². The summed E-state index contributed by atoms with van der Waals surface area (Å²) in [4.78, 5) is 0. The quantitative estimate of drug-likeness (QED) is 0.484. The van der Waals surface area contributed by atoms with E-state index in [2.05, 4.69) is 38.1 Å². The first-order valence-corrected chi connectivity index (χ1v) is 3.03. The average molecular weight is 143 g/mol. The molecule has 0 saturated carbocycles. The Morgan fingerprint density at radius 2 is 1.60 bits per heavy atom. The number of nitrogens with zero attached hydrogens (tertiary/aromatic N) is 1. The minimum absolute atomic E-state index is 0. The Morgan fingerprint density at radius 1 is 1.30 bits per heavy atom. The normalized spacial score (nSPS) is 15.4. The van der Waals surface area contributed by atoms with Gasteiger partial charge in [0.1, 0.15) is 0 Å². The van der Waals surface area contributed by atoms with E-state index in [-0.39, 0.29) is 18.9 Å². The van der Waals surface area contributed by atoms with Crippen LogP contribution in [0.2, 0.25) is 0 Å². The SMILES string of the molecule is CC(C)[N-]C(C)C.[2H]OC([2H])([2H])[2H].[Li+]. The predicted octanol–water partition coefficient (Wildman–Crippen LogP) is -1.21. The maximum atomic E-state index is 6.10. The van der Waals surface area contributed by atoms with Gasteiger partial charge in [0.15, 0.2) is 0 Å². The Labute approximate surface area is 82.3 Å². The van der Waals surface area contributed by atoms with Crippen molar-refractivity contribution >= 4 is 0 Å². The van der Waals surface area contributed by atoms with Crippen molar-refractivity contribution < 1.29 is 28.1 Å². The maximum Gasteiger partial charge on any atom is 1.00 e. The van der Waals surface area contributed by atoms with E-state index in [1.807, 2.05) is 0 Å². The second-order valence-corrected chi connectivity index (χ2v) is 2.34. The van der Waals surface area contributed by atoms with Crippen LogP contribution in [0.4, 0.5) is 0 Å². The van der Waals surface area contributed by atoms with Gasteiger partial charge < -0.3 is 10.4 Å². The Morgan fingerprint density at radius 3 is 1.60 bits per heavy atom. The van der Waals surface area contributed by atoms with Crippen LogP contribution in [0.15, 0.2) is 0 Å². The Hall–Kier alpha value is 0.517. The first-order chi connectivity index (χ1) is 5.69. The zero-order valence-corrected chi connectivity index (χ0v) is 7.51. The first kappa shape index (κ1) is 7.18. The van der Waals surface area contributed by atoms with Gasteiger partial charge in [0.2, 0.25) is 1.43 Å². The van der Waals surface area contributed by atoms with E-state index in [1.54, 1.807) is 0 Å². The van der Waals surface area contributed by atoms with Crippen LogP contribution in [-0.2, 0) is 0 Å². The molecule has 58 valence electrons. The van der Waals surface area contributed by atoms with Gasteiger partial charge in [-0.05, 0) is 0 Å². The average Bonchev–Trinajstić information content (AvgIpc) is 1.84. The Kier molecular flexibility index (Phi) is 8.77. The predicted molar refractivity (Wildman–Crippen MR) is 41.8 cm³/mol. The van der Waals surface area contributed by atoms with Gasteiger partial charge in [0.05, 0.1) is 4.11 Å². The molecule has 0 rings (SSSR count). The fourth-order valence-corrected chi connectivity index (χ4v) is 0.596. The van der Waals surface area contributed by atoms with Crippen molar-refractivity contribution in [2.45, 2.75) is 39.8 Å².